The highest BCUT2D eigenvalue weighted by Gasteiger charge is 2.11. The van der Waals surface area contributed by atoms with Gasteiger partial charge in [-0.25, -0.2) is 8.78 Å². The molecule has 2 rings (SSSR count). The SMILES string of the molecule is CCn1cnnc1CNCC(O)c1ccc(F)c(F)c1. The van der Waals surface area contributed by atoms with Crippen molar-refractivity contribution in [2.45, 2.75) is 26.1 Å². The average Bonchev–Trinajstić information content (AvgIpc) is 2.89. The van der Waals surface area contributed by atoms with Gasteiger partial charge >= 0.3 is 0 Å². The van der Waals surface area contributed by atoms with E-state index < -0.39 is 17.7 Å². The molecular formula is C13H16F2N4O. The van der Waals surface area contributed by atoms with E-state index in [1.165, 1.54) is 6.07 Å². The second-order valence-electron chi connectivity index (χ2n) is 4.35. The third-order valence-electron chi connectivity index (χ3n) is 2.99. The first kappa shape index (κ1) is 14.5. The fraction of sp³-hybridized carbons (Fsp3) is 0.385. The van der Waals surface area contributed by atoms with Gasteiger partial charge in [-0.15, -0.1) is 10.2 Å². The molecule has 7 heteroatoms. The number of hydrogen-bond donors (Lipinski definition) is 2. The third-order valence-corrected chi connectivity index (χ3v) is 2.99. The molecule has 1 atom stereocenters. The Hall–Kier alpha value is -1.86. The normalized spacial score (nSPS) is 12.6. The fourth-order valence-electron chi connectivity index (χ4n) is 1.84. The van der Waals surface area contributed by atoms with Crippen molar-refractivity contribution in [1.82, 2.24) is 20.1 Å². The minimum absolute atomic E-state index is 0.210. The van der Waals surface area contributed by atoms with Crippen LogP contribution < -0.4 is 5.32 Å². The number of aliphatic hydroxyl groups excluding tert-OH is 1. The lowest BCUT2D eigenvalue weighted by Crippen LogP contribution is -2.23. The number of nitrogens with zero attached hydrogens (tertiary/aromatic N) is 3. The molecular weight excluding hydrogens is 266 g/mol. The molecule has 0 amide bonds. The van der Waals surface area contributed by atoms with Crippen LogP contribution in [0, 0.1) is 11.6 Å². The zero-order valence-electron chi connectivity index (χ0n) is 11.1. The van der Waals surface area contributed by atoms with Crippen LogP contribution in [0.2, 0.25) is 0 Å². The van der Waals surface area contributed by atoms with Crippen molar-refractivity contribution in [2.24, 2.45) is 0 Å². The van der Waals surface area contributed by atoms with Gasteiger partial charge in [0.2, 0.25) is 0 Å². The monoisotopic (exact) mass is 282 g/mol. The molecule has 0 saturated heterocycles. The topological polar surface area (TPSA) is 63.0 Å². The predicted molar refractivity (Wildman–Crippen MR) is 68.7 cm³/mol. The van der Waals surface area contributed by atoms with Gasteiger partial charge in [0, 0.05) is 13.1 Å². The Morgan fingerprint density at radius 1 is 1.35 bits per heavy atom. The maximum absolute atomic E-state index is 13.1. The van der Waals surface area contributed by atoms with Crippen LogP contribution in [0.4, 0.5) is 8.78 Å². The summed E-state index contributed by atoms with van der Waals surface area (Å²) in [6.45, 7) is 3.38. The second kappa shape index (κ2) is 6.53. The van der Waals surface area contributed by atoms with Gasteiger partial charge < -0.3 is 15.0 Å². The van der Waals surface area contributed by atoms with Crippen molar-refractivity contribution in [3.8, 4) is 0 Å². The van der Waals surface area contributed by atoms with E-state index in [1.807, 2.05) is 11.5 Å². The molecule has 1 aromatic carbocycles. The molecule has 108 valence electrons. The van der Waals surface area contributed by atoms with Crippen molar-refractivity contribution in [2.75, 3.05) is 6.54 Å². The number of nitrogens with one attached hydrogen (secondary N) is 1. The molecule has 1 unspecified atom stereocenters. The fourth-order valence-corrected chi connectivity index (χ4v) is 1.84. The molecule has 1 heterocycles. The summed E-state index contributed by atoms with van der Waals surface area (Å²) in [6, 6.07) is 3.36. The van der Waals surface area contributed by atoms with E-state index in [0.29, 0.717) is 12.1 Å². The Morgan fingerprint density at radius 2 is 2.15 bits per heavy atom. The summed E-state index contributed by atoms with van der Waals surface area (Å²) in [6.07, 6.45) is 0.714. The summed E-state index contributed by atoms with van der Waals surface area (Å²) >= 11 is 0. The first-order valence-corrected chi connectivity index (χ1v) is 6.32. The van der Waals surface area contributed by atoms with Crippen LogP contribution in [0.15, 0.2) is 24.5 Å². The Morgan fingerprint density at radius 3 is 2.85 bits per heavy atom. The van der Waals surface area contributed by atoms with E-state index >= 15 is 0 Å². The standard InChI is InChI=1S/C13H16F2N4O/c1-2-19-8-17-18-13(19)7-16-6-12(20)9-3-4-10(14)11(15)5-9/h3-5,8,12,16,20H,2,6-7H2,1H3. The Balaban J connectivity index is 1.89. The van der Waals surface area contributed by atoms with Crippen LogP contribution in [-0.2, 0) is 13.1 Å². The van der Waals surface area contributed by atoms with Gasteiger partial charge in [0.15, 0.2) is 11.6 Å². The molecule has 0 aliphatic heterocycles. The van der Waals surface area contributed by atoms with Crippen LogP contribution >= 0.6 is 0 Å². The molecule has 1 aromatic heterocycles. The third kappa shape index (κ3) is 3.37. The summed E-state index contributed by atoms with van der Waals surface area (Å²) in [7, 11) is 0. The number of benzene rings is 1. The van der Waals surface area contributed by atoms with E-state index in [9.17, 15) is 13.9 Å². The van der Waals surface area contributed by atoms with E-state index in [1.54, 1.807) is 6.33 Å². The maximum Gasteiger partial charge on any atom is 0.159 e. The highest BCUT2D eigenvalue weighted by Crippen LogP contribution is 2.15. The molecule has 0 radical (unpaired) electrons. The summed E-state index contributed by atoms with van der Waals surface area (Å²) < 4.78 is 27.7. The summed E-state index contributed by atoms with van der Waals surface area (Å²) in [4.78, 5) is 0. The minimum atomic E-state index is -0.965. The van der Waals surface area contributed by atoms with Gasteiger partial charge in [0.1, 0.15) is 12.2 Å². The molecule has 0 spiro atoms. The quantitative estimate of drug-likeness (QED) is 0.840. The minimum Gasteiger partial charge on any atom is -0.387 e. The smallest absolute Gasteiger partial charge is 0.159 e. The van der Waals surface area contributed by atoms with E-state index in [4.69, 9.17) is 0 Å². The molecule has 5 nitrogen and oxygen atoms in total. The molecule has 0 aliphatic rings. The maximum atomic E-state index is 13.1. The van der Waals surface area contributed by atoms with Crippen molar-refractivity contribution < 1.29 is 13.9 Å². The molecule has 0 saturated carbocycles. The van der Waals surface area contributed by atoms with Crippen molar-refractivity contribution in [1.29, 1.82) is 0 Å². The number of halogens is 2. The van der Waals surface area contributed by atoms with E-state index in [2.05, 4.69) is 15.5 Å². The van der Waals surface area contributed by atoms with Crippen LogP contribution in [0.1, 0.15) is 24.4 Å². The largest absolute Gasteiger partial charge is 0.387 e. The van der Waals surface area contributed by atoms with Crippen molar-refractivity contribution >= 4 is 0 Å². The first-order valence-electron chi connectivity index (χ1n) is 6.32. The summed E-state index contributed by atoms with van der Waals surface area (Å²) in [5.41, 5.74) is 0.327. The average molecular weight is 282 g/mol. The zero-order chi connectivity index (χ0) is 14.5. The van der Waals surface area contributed by atoms with Gasteiger partial charge in [-0.3, -0.25) is 0 Å². The van der Waals surface area contributed by atoms with Crippen LogP contribution in [0.5, 0.6) is 0 Å². The Kier molecular flexibility index (Phi) is 4.75. The molecule has 2 aromatic rings. The van der Waals surface area contributed by atoms with Crippen molar-refractivity contribution in [3.63, 3.8) is 0 Å². The van der Waals surface area contributed by atoms with Crippen LogP contribution in [0.25, 0.3) is 0 Å². The summed E-state index contributed by atoms with van der Waals surface area (Å²) in [5.74, 6) is -1.14. The number of hydrogen-bond acceptors (Lipinski definition) is 4. The van der Waals surface area contributed by atoms with Gasteiger partial charge in [0.25, 0.3) is 0 Å². The van der Waals surface area contributed by atoms with Crippen LogP contribution in [0.3, 0.4) is 0 Å². The molecule has 0 fully saturated rings. The highest BCUT2D eigenvalue weighted by atomic mass is 19.2. The van der Waals surface area contributed by atoms with Gasteiger partial charge in [-0.2, -0.15) is 0 Å². The van der Waals surface area contributed by atoms with Gasteiger partial charge in [0.05, 0.1) is 12.6 Å². The molecule has 0 aliphatic carbocycles. The Bertz CT molecular complexity index is 573. The number of aromatic nitrogens is 3. The highest BCUT2D eigenvalue weighted by molar-refractivity contribution is 5.20. The lowest BCUT2D eigenvalue weighted by Gasteiger charge is -2.12. The molecule has 2 N–H and O–H groups in total. The molecule has 20 heavy (non-hydrogen) atoms. The van der Waals surface area contributed by atoms with Crippen molar-refractivity contribution in [3.05, 3.63) is 47.5 Å². The van der Waals surface area contributed by atoms with E-state index in [-0.39, 0.29) is 6.54 Å². The second-order valence-corrected chi connectivity index (χ2v) is 4.35. The predicted octanol–water partition coefficient (Wildman–Crippen LogP) is 1.40. The van der Waals surface area contributed by atoms with Crippen LogP contribution in [-0.4, -0.2) is 26.4 Å². The molecule has 0 bridgehead atoms. The first-order chi connectivity index (χ1) is 9.61. The number of aliphatic hydroxyl groups is 1. The van der Waals surface area contributed by atoms with Gasteiger partial charge in [-0.05, 0) is 24.6 Å². The zero-order valence-corrected chi connectivity index (χ0v) is 11.1. The number of aryl methyl sites for hydroxylation is 1. The summed E-state index contributed by atoms with van der Waals surface area (Å²) in [5, 5.41) is 20.6. The lowest BCUT2D eigenvalue weighted by molar-refractivity contribution is 0.173. The lowest BCUT2D eigenvalue weighted by atomic mass is 10.1. The van der Waals surface area contributed by atoms with Gasteiger partial charge in [-0.1, -0.05) is 6.07 Å². The number of rotatable bonds is 6. The Labute approximate surface area is 115 Å². The van der Waals surface area contributed by atoms with E-state index in [0.717, 1.165) is 24.5 Å².